The van der Waals surface area contributed by atoms with Crippen molar-refractivity contribution in [1.82, 2.24) is 15.1 Å². The van der Waals surface area contributed by atoms with Crippen LogP contribution in [0.15, 0.2) is 30.3 Å². The van der Waals surface area contributed by atoms with Crippen LogP contribution in [-0.4, -0.2) is 28.8 Å². The third-order valence-electron chi connectivity index (χ3n) is 4.36. The topological polar surface area (TPSA) is 56.1 Å². The molecule has 0 unspecified atom stereocenters. The number of nitrogens with one attached hydrogen (secondary N) is 1. The summed E-state index contributed by atoms with van der Waals surface area (Å²) in [5, 5.41) is 6.50. The fourth-order valence-electron chi connectivity index (χ4n) is 2.92. The molecule has 5 nitrogen and oxygen atoms in total. The Bertz CT molecular complexity index is 798. The molecule has 0 bridgehead atoms. The molecule has 1 heterocycles. The van der Waals surface area contributed by atoms with Gasteiger partial charge in [-0.3, -0.25) is 9.48 Å². The highest BCUT2D eigenvalue weighted by Crippen LogP contribution is 2.42. The highest BCUT2D eigenvalue weighted by molar-refractivity contribution is 5.96. The van der Waals surface area contributed by atoms with E-state index in [0.717, 1.165) is 18.9 Å². The van der Waals surface area contributed by atoms with Crippen molar-refractivity contribution < 1.29 is 22.7 Å². The molecule has 0 saturated heterocycles. The van der Waals surface area contributed by atoms with Gasteiger partial charge in [0, 0.05) is 24.7 Å². The van der Waals surface area contributed by atoms with Crippen molar-refractivity contribution in [2.45, 2.75) is 44.8 Å². The van der Waals surface area contributed by atoms with E-state index < -0.39 is 11.9 Å². The minimum atomic E-state index is -4.44. The summed E-state index contributed by atoms with van der Waals surface area (Å²) in [4.78, 5) is 12.3. The van der Waals surface area contributed by atoms with Gasteiger partial charge >= 0.3 is 6.18 Å². The standard InChI is InChI=1S/C19H22F3N3O2/c1-2-27-16-7-4-3-6-14(16)18(26)23-10-5-11-25-15(13-8-9-13)12-17(24-25)19(20,21)22/h3-4,6-7,12-13H,2,5,8-11H2,1H3,(H,23,26). The van der Waals surface area contributed by atoms with E-state index in [2.05, 4.69) is 10.4 Å². The smallest absolute Gasteiger partial charge is 0.435 e. The molecule has 0 atom stereocenters. The van der Waals surface area contributed by atoms with E-state index >= 15 is 0 Å². The van der Waals surface area contributed by atoms with Crippen LogP contribution in [0.5, 0.6) is 5.75 Å². The average Bonchev–Trinajstić information content (AvgIpc) is 3.37. The number of carbonyl (C=O) groups excluding carboxylic acids is 1. The Morgan fingerprint density at radius 3 is 2.74 bits per heavy atom. The van der Waals surface area contributed by atoms with Crippen molar-refractivity contribution in [3.05, 3.63) is 47.3 Å². The molecular weight excluding hydrogens is 359 g/mol. The minimum absolute atomic E-state index is 0.168. The van der Waals surface area contributed by atoms with Crippen molar-refractivity contribution in [3.8, 4) is 5.75 Å². The summed E-state index contributed by atoms with van der Waals surface area (Å²) in [6, 6.07) is 8.09. The van der Waals surface area contributed by atoms with Gasteiger partial charge < -0.3 is 10.1 Å². The maximum Gasteiger partial charge on any atom is 0.435 e. The molecule has 1 saturated carbocycles. The van der Waals surface area contributed by atoms with Crippen LogP contribution in [0, 0.1) is 0 Å². The number of rotatable bonds is 8. The zero-order valence-corrected chi connectivity index (χ0v) is 15.1. The maximum absolute atomic E-state index is 12.9. The highest BCUT2D eigenvalue weighted by atomic mass is 19.4. The number of carbonyl (C=O) groups is 1. The van der Waals surface area contributed by atoms with E-state index in [4.69, 9.17) is 4.74 Å². The number of aryl methyl sites for hydroxylation is 1. The minimum Gasteiger partial charge on any atom is -0.493 e. The second kappa shape index (κ2) is 8.02. The Balaban J connectivity index is 1.56. The second-order valence-corrected chi connectivity index (χ2v) is 6.49. The molecule has 1 amide bonds. The number of hydrogen-bond donors (Lipinski definition) is 1. The van der Waals surface area contributed by atoms with Crippen LogP contribution >= 0.6 is 0 Å². The lowest BCUT2D eigenvalue weighted by atomic mass is 10.2. The molecule has 146 valence electrons. The number of alkyl halides is 3. The lowest BCUT2D eigenvalue weighted by Gasteiger charge is -2.11. The van der Waals surface area contributed by atoms with Gasteiger partial charge in [0.25, 0.3) is 5.91 Å². The van der Waals surface area contributed by atoms with E-state index in [0.29, 0.717) is 43.1 Å². The first kappa shape index (κ1) is 19.3. The van der Waals surface area contributed by atoms with E-state index in [1.54, 1.807) is 24.3 Å². The third-order valence-corrected chi connectivity index (χ3v) is 4.36. The Kier molecular flexibility index (Phi) is 5.72. The van der Waals surface area contributed by atoms with Gasteiger partial charge in [-0.1, -0.05) is 12.1 Å². The van der Waals surface area contributed by atoms with Crippen LogP contribution in [-0.2, 0) is 12.7 Å². The first-order valence-electron chi connectivity index (χ1n) is 9.05. The number of halogens is 3. The summed E-state index contributed by atoms with van der Waals surface area (Å²) < 4.78 is 45.6. The van der Waals surface area contributed by atoms with Crippen LogP contribution in [0.3, 0.4) is 0 Å². The molecule has 8 heteroatoms. The van der Waals surface area contributed by atoms with Gasteiger partial charge in [-0.05, 0) is 44.4 Å². The zero-order valence-electron chi connectivity index (χ0n) is 15.1. The molecule has 0 spiro atoms. The summed E-state index contributed by atoms with van der Waals surface area (Å²) in [7, 11) is 0. The molecule has 1 aromatic heterocycles. The van der Waals surface area contributed by atoms with Gasteiger partial charge in [0.15, 0.2) is 5.69 Å². The van der Waals surface area contributed by atoms with Gasteiger partial charge in [0.1, 0.15) is 5.75 Å². The monoisotopic (exact) mass is 381 g/mol. The molecule has 27 heavy (non-hydrogen) atoms. The van der Waals surface area contributed by atoms with Gasteiger partial charge in [-0.15, -0.1) is 0 Å². The molecule has 3 rings (SSSR count). The largest absolute Gasteiger partial charge is 0.493 e. The molecule has 1 fully saturated rings. The van der Waals surface area contributed by atoms with Crippen LogP contribution in [0.25, 0.3) is 0 Å². The normalized spacial score (nSPS) is 14.2. The molecule has 1 aromatic carbocycles. The van der Waals surface area contributed by atoms with E-state index in [-0.39, 0.29) is 11.8 Å². The van der Waals surface area contributed by atoms with Crippen LogP contribution in [0.2, 0.25) is 0 Å². The summed E-state index contributed by atoms with van der Waals surface area (Å²) in [6.45, 7) is 2.96. The van der Waals surface area contributed by atoms with Crippen molar-refractivity contribution in [3.63, 3.8) is 0 Å². The lowest BCUT2D eigenvalue weighted by molar-refractivity contribution is -0.141. The van der Waals surface area contributed by atoms with Gasteiger partial charge in [-0.25, -0.2) is 0 Å². The van der Waals surface area contributed by atoms with Crippen molar-refractivity contribution >= 4 is 5.91 Å². The fraction of sp³-hybridized carbons (Fsp3) is 0.474. The molecule has 1 aliphatic carbocycles. The molecule has 1 N–H and O–H groups in total. The summed E-state index contributed by atoms with van der Waals surface area (Å²) in [5.41, 5.74) is 0.228. The maximum atomic E-state index is 12.9. The van der Waals surface area contributed by atoms with Crippen molar-refractivity contribution in [2.75, 3.05) is 13.2 Å². The Morgan fingerprint density at radius 1 is 1.33 bits per heavy atom. The number of ether oxygens (including phenoxy) is 1. The summed E-state index contributed by atoms with van der Waals surface area (Å²) in [5.74, 6) is 0.412. The third kappa shape index (κ3) is 4.81. The number of amides is 1. The summed E-state index contributed by atoms with van der Waals surface area (Å²) in [6.07, 6.45) is -2.16. The predicted octanol–water partition coefficient (Wildman–Crippen LogP) is 4.00. The van der Waals surface area contributed by atoms with Crippen LogP contribution in [0.4, 0.5) is 13.2 Å². The number of aromatic nitrogens is 2. The van der Waals surface area contributed by atoms with E-state index in [9.17, 15) is 18.0 Å². The van der Waals surface area contributed by atoms with Gasteiger partial charge in [0.2, 0.25) is 0 Å². The van der Waals surface area contributed by atoms with E-state index in [1.807, 2.05) is 6.92 Å². The second-order valence-electron chi connectivity index (χ2n) is 6.49. The van der Waals surface area contributed by atoms with Gasteiger partial charge in [0.05, 0.1) is 12.2 Å². The SMILES string of the molecule is CCOc1ccccc1C(=O)NCCCn1nc(C(F)(F)F)cc1C1CC1. The van der Waals surface area contributed by atoms with Crippen molar-refractivity contribution in [2.24, 2.45) is 0 Å². The van der Waals surface area contributed by atoms with Gasteiger partial charge in [-0.2, -0.15) is 18.3 Å². The molecule has 1 aliphatic rings. The Labute approximate surface area is 155 Å². The number of hydrogen-bond acceptors (Lipinski definition) is 3. The molecule has 0 radical (unpaired) electrons. The van der Waals surface area contributed by atoms with Crippen molar-refractivity contribution in [1.29, 1.82) is 0 Å². The zero-order chi connectivity index (χ0) is 19.4. The lowest BCUT2D eigenvalue weighted by Crippen LogP contribution is -2.26. The highest BCUT2D eigenvalue weighted by Gasteiger charge is 2.37. The Hall–Kier alpha value is -2.51. The first-order chi connectivity index (χ1) is 12.9. The van der Waals surface area contributed by atoms with Crippen LogP contribution < -0.4 is 10.1 Å². The predicted molar refractivity (Wildman–Crippen MR) is 93.8 cm³/mol. The van der Waals surface area contributed by atoms with E-state index in [1.165, 1.54) is 4.68 Å². The first-order valence-corrected chi connectivity index (χ1v) is 9.05. The average molecular weight is 381 g/mol. The molecule has 2 aromatic rings. The fourth-order valence-corrected chi connectivity index (χ4v) is 2.92. The van der Waals surface area contributed by atoms with Crippen LogP contribution in [0.1, 0.15) is 53.8 Å². The Morgan fingerprint density at radius 2 is 2.07 bits per heavy atom. The number of nitrogens with zero attached hydrogens (tertiary/aromatic N) is 2. The number of benzene rings is 1. The number of para-hydroxylation sites is 1. The molecule has 0 aliphatic heterocycles. The quantitative estimate of drug-likeness (QED) is 0.704. The summed E-state index contributed by atoms with van der Waals surface area (Å²) >= 11 is 0. The molecular formula is C19H22F3N3O2.